The van der Waals surface area contributed by atoms with E-state index in [0.29, 0.717) is 24.2 Å². The highest BCUT2D eigenvalue weighted by Gasteiger charge is 2.27. The number of aromatic nitrogens is 1. The van der Waals surface area contributed by atoms with E-state index in [-0.39, 0.29) is 30.6 Å². The van der Waals surface area contributed by atoms with Crippen LogP contribution in [0.25, 0.3) is 0 Å². The zero-order chi connectivity index (χ0) is 18.5. The number of anilines is 1. The summed E-state index contributed by atoms with van der Waals surface area (Å²) in [5.74, 6) is -0.778. The van der Waals surface area contributed by atoms with Gasteiger partial charge in [-0.1, -0.05) is 12.1 Å². The fraction of sp³-hybridized carbons (Fsp3) is 0.333. The highest BCUT2D eigenvalue weighted by Crippen LogP contribution is 2.19. The number of carbonyl (C=O) groups is 3. The highest BCUT2D eigenvalue weighted by molar-refractivity contribution is 7.09. The maximum Gasteiger partial charge on any atom is 0.254 e. The number of thiazole rings is 1. The highest BCUT2D eigenvalue weighted by atomic mass is 32.1. The molecule has 0 radical (unpaired) electrons. The molecule has 0 fully saturated rings. The van der Waals surface area contributed by atoms with Crippen molar-refractivity contribution in [2.75, 3.05) is 11.9 Å². The topological polar surface area (TPSA) is 100 Å². The van der Waals surface area contributed by atoms with Crippen molar-refractivity contribution in [3.8, 4) is 0 Å². The molecule has 0 saturated carbocycles. The lowest BCUT2D eigenvalue weighted by molar-refractivity contribution is -0.121. The van der Waals surface area contributed by atoms with Crippen molar-refractivity contribution in [3.05, 3.63) is 45.9 Å². The van der Waals surface area contributed by atoms with Crippen molar-refractivity contribution < 1.29 is 14.4 Å². The van der Waals surface area contributed by atoms with Gasteiger partial charge in [-0.2, -0.15) is 0 Å². The molecule has 3 rings (SSSR count). The second kappa shape index (κ2) is 8.09. The second-order valence-electron chi connectivity index (χ2n) is 6.08. The smallest absolute Gasteiger partial charge is 0.254 e. The zero-order valence-electron chi connectivity index (χ0n) is 14.4. The predicted molar refractivity (Wildman–Crippen MR) is 99.1 cm³/mol. The van der Waals surface area contributed by atoms with Crippen LogP contribution in [0.15, 0.2) is 29.6 Å². The summed E-state index contributed by atoms with van der Waals surface area (Å²) < 4.78 is 0. The molecule has 0 spiro atoms. The Labute approximate surface area is 155 Å². The van der Waals surface area contributed by atoms with E-state index in [4.69, 9.17) is 0 Å². The summed E-state index contributed by atoms with van der Waals surface area (Å²) in [5, 5.41) is 11.2. The van der Waals surface area contributed by atoms with Crippen LogP contribution >= 0.6 is 11.3 Å². The van der Waals surface area contributed by atoms with Crippen LogP contribution in [-0.2, 0) is 16.0 Å². The lowest BCUT2D eigenvalue weighted by Gasteiger charge is -2.14. The Hall–Kier alpha value is -2.74. The number of carbonyl (C=O) groups excluding carboxylic acids is 3. The number of benzene rings is 1. The number of nitrogens with zero attached hydrogens (tertiary/aromatic N) is 1. The average Bonchev–Trinajstić information content (AvgIpc) is 2.98. The van der Waals surface area contributed by atoms with Crippen LogP contribution in [0.4, 0.5) is 5.69 Å². The fourth-order valence-corrected chi connectivity index (χ4v) is 3.48. The van der Waals surface area contributed by atoms with Crippen LogP contribution in [0.5, 0.6) is 0 Å². The molecule has 3 amide bonds. The van der Waals surface area contributed by atoms with E-state index in [0.717, 1.165) is 10.7 Å². The molecule has 1 aromatic heterocycles. The van der Waals surface area contributed by atoms with Crippen LogP contribution in [0.2, 0.25) is 0 Å². The van der Waals surface area contributed by atoms with Gasteiger partial charge in [0, 0.05) is 30.5 Å². The Balaban J connectivity index is 1.47. The lowest BCUT2D eigenvalue weighted by Crippen LogP contribution is -2.42. The quantitative estimate of drug-likeness (QED) is 0.718. The number of amides is 3. The van der Waals surface area contributed by atoms with Gasteiger partial charge in [0.05, 0.1) is 16.3 Å². The Morgan fingerprint density at radius 2 is 2.12 bits per heavy atom. The third kappa shape index (κ3) is 4.45. The molecular formula is C18H20N4O3S. The predicted octanol–water partition coefficient (Wildman–Crippen LogP) is 1.64. The van der Waals surface area contributed by atoms with Crippen LogP contribution in [0, 0.1) is 6.92 Å². The van der Waals surface area contributed by atoms with E-state index in [1.54, 1.807) is 35.6 Å². The number of hydrogen-bond donors (Lipinski definition) is 3. The molecule has 2 aromatic rings. The van der Waals surface area contributed by atoms with Crippen molar-refractivity contribution in [3.63, 3.8) is 0 Å². The van der Waals surface area contributed by atoms with Crippen molar-refractivity contribution in [1.29, 1.82) is 0 Å². The first-order valence-electron chi connectivity index (χ1n) is 8.41. The van der Waals surface area contributed by atoms with Gasteiger partial charge in [0.2, 0.25) is 11.8 Å². The monoisotopic (exact) mass is 372 g/mol. The van der Waals surface area contributed by atoms with Crippen molar-refractivity contribution in [1.82, 2.24) is 15.6 Å². The number of rotatable bonds is 6. The fourth-order valence-electron chi connectivity index (χ4n) is 2.70. The summed E-state index contributed by atoms with van der Waals surface area (Å²) in [7, 11) is 0. The number of para-hydroxylation sites is 1. The van der Waals surface area contributed by atoms with Gasteiger partial charge in [-0.25, -0.2) is 4.98 Å². The van der Waals surface area contributed by atoms with Gasteiger partial charge >= 0.3 is 0 Å². The molecule has 1 aliphatic rings. The van der Waals surface area contributed by atoms with Gasteiger partial charge < -0.3 is 16.0 Å². The molecule has 1 aliphatic heterocycles. The number of fused-ring (bicyclic) bond motifs is 1. The normalized spacial score (nSPS) is 16.3. The molecular weight excluding hydrogens is 352 g/mol. The summed E-state index contributed by atoms with van der Waals surface area (Å²) in [6, 6.07) is 6.09. The molecule has 8 heteroatoms. The minimum Gasteiger partial charge on any atom is -0.356 e. The minimum absolute atomic E-state index is 0.151. The zero-order valence-corrected chi connectivity index (χ0v) is 15.2. The first kappa shape index (κ1) is 18.1. The average molecular weight is 372 g/mol. The summed E-state index contributed by atoms with van der Waals surface area (Å²) >= 11 is 1.57. The van der Waals surface area contributed by atoms with Gasteiger partial charge in [-0.3, -0.25) is 14.4 Å². The van der Waals surface area contributed by atoms with E-state index >= 15 is 0 Å². The summed E-state index contributed by atoms with van der Waals surface area (Å²) in [4.78, 5) is 40.8. The SMILES string of the molecule is Cc1csc(CCNC(=O)CCC2NC(=O)c3ccccc3NC2=O)n1. The first-order chi connectivity index (χ1) is 12.5. The molecule has 0 bridgehead atoms. The Morgan fingerprint density at radius 1 is 1.31 bits per heavy atom. The molecule has 7 nitrogen and oxygen atoms in total. The molecule has 1 atom stereocenters. The summed E-state index contributed by atoms with van der Waals surface area (Å²) in [6.07, 6.45) is 1.08. The van der Waals surface area contributed by atoms with Crippen molar-refractivity contribution >= 4 is 34.7 Å². The molecule has 0 saturated heterocycles. The van der Waals surface area contributed by atoms with Gasteiger partial charge in [0.15, 0.2) is 0 Å². The van der Waals surface area contributed by atoms with Gasteiger partial charge in [-0.05, 0) is 25.5 Å². The summed E-state index contributed by atoms with van der Waals surface area (Å²) in [6.45, 7) is 2.43. The molecule has 0 aliphatic carbocycles. The number of hydrogen-bond acceptors (Lipinski definition) is 5. The van der Waals surface area contributed by atoms with Crippen LogP contribution in [-0.4, -0.2) is 35.3 Å². The molecule has 26 heavy (non-hydrogen) atoms. The van der Waals surface area contributed by atoms with Crippen LogP contribution in [0.3, 0.4) is 0 Å². The van der Waals surface area contributed by atoms with Gasteiger partial charge in [-0.15, -0.1) is 11.3 Å². The minimum atomic E-state index is -0.734. The number of nitrogens with one attached hydrogen (secondary N) is 3. The Morgan fingerprint density at radius 3 is 2.88 bits per heavy atom. The van der Waals surface area contributed by atoms with E-state index in [1.165, 1.54) is 0 Å². The van der Waals surface area contributed by atoms with Crippen LogP contribution < -0.4 is 16.0 Å². The maximum absolute atomic E-state index is 12.3. The third-order valence-electron chi connectivity index (χ3n) is 4.04. The Kier molecular flexibility index (Phi) is 5.62. The summed E-state index contributed by atoms with van der Waals surface area (Å²) in [5.41, 5.74) is 1.89. The van der Waals surface area contributed by atoms with Gasteiger partial charge in [0.25, 0.3) is 5.91 Å². The standard InChI is InChI=1S/C18H20N4O3S/c1-11-10-26-16(20-11)8-9-19-15(23)7-6-14-18(25)21-13-5-3-2-4-12(13)17(24)22-14/h2-5,10,14H,6-9H2,1H3,(H,19,23)(H,21,25)(H,22,24). The molecule has 136 valence electrons. The van der Waals surface area contributed by atoms with Crippen LogP contribution in [0.1, 0.15) is 33.9 Å². The Bertz CT molecular complexity index is 833. The van der Waals surface area contributed by atoms with E-state index in [1.807, 2.05) is 12.3 Å². The molecule has 1 aromatic carbocycles. The first-order valence-corrected chi connectivity index (χ1v) is 9.29. The van der Waals surface area contributed by atoms with Crippen molar-refractivity contribution in [2.45, 2.75) is 32.2 Å². The van der Waals surface area contributed by atoms with E-state index in [2.05, 4.69) is 20.9 Å². The van der Waals surface area contributed by atoms with Crippen molar-refractivity contribution in [2.24, 2.45) is 0 Å². The van der Waals surface area contributed by atoms with E-state index < -0.39 is 6.04 Å². The largest absolute Gasteiger partial charge is 0.356 e. The molecule has 2 heterocycles. The molecule has 3 N–H and O–H groups in total. The molecule has 1 unspecified atom stereocenters. The maximum atomic E-state index is 12.3. The van der Waals surface area contributed by atoms with E-state index in [9.17, 15) is 14.4 Å². The van der Waals surface area contributed by atoms with Gasteiger partial charge in [0.1, 0.15) is 6.04 Å². The lowest BCUT2D eigenvalue weighted by atomic mass is 10.1. The number of aryl methyl sites for hydroxylation is 1. The third-order valence-corrected chi connectivity index (χ3v) is 5.07. The second-order valence-corrected chi connectivity index (χ2v) is 7.02.